The lowest BCUT2D eigenvalue weighted by Gasteiger charge is -2.06. The molecule has 0 bridgehead atoms. The number of hydrogen-bond donors (Lipinski definition) is 1. The van der Waals surface area contributed by atoms with Gasteiger partial charge in [0.15, 0.2) is 0 Å². The van der Waals surface area contributed by atoms with Gasteiger partial charge in [-0.1, -0.05) is 29.3 Å². The first-order chi connectivity index (χ1) is 11.0. The molecule has 0 aliphatic carbocycles. The van der Waals surface area contributed by atoms with E-state index in [1.807, 2.05) is 6.07 Å². The minimum atomic E-state index is -1.03. The summed E-state index contributed by atoms with van der Waals surface area (Å²) in [7, 11) is 0. The number of benzene rings is 1. The summed E-state index contributed by atoms with van der Waals surface area (Å²) in [6.07, 6.45) is 5.85. The molecular formula is C16H11Cl2N3O2. The van der Waals surface area contributed by atoms with Crippen LogP contribution in [0.15, 0.2) is 42.7 Å². The van der Waals surface area contributed by atoms with Crippen LogP contribution in [-0.4, -0.2) is 25.8 Å². The SMILES string of the molecule is O=C(O)/C=C/c1nn(Cc2ccc(Cl)cc2Cl)c2cnccc12. The predicted octanol–water partition coefficient (Wildman–Crippen LogP) is 3.88. The Balaban J connectivity index is 2.05. The number of carboxylic acids is 1. The third kappa shape index (κ3) is 3.36. The molecule has 0 spiro atoms. The summed E-state index contributed by atoms with van der Waals surface area (Å²) >= 11 is 12.1. The second-order valence-electron chi connectivity index (χ2n) is 4.84. The molecule has 3 aromatic rings. The van der Waals surface area contributed by atoms with Crippen molar-refractivity contribution in [3.63, 3.8) is 0 Å². The van der Waals surface area contributed by atoms with Crippen molar-refractivity contribution in [2.75, 3.05) is 0 Å². The van der Waals surface area contributed by atoms with Crippen LogP contribution in [0, 0.1) is 0 Å². The van der Waals surface area contributed by atoms with Crippen molar-refractivity contribution in [3.05, 3.63) is 64.0 Å². The number of fused-ring (bicyclic) bond motifs is 1. The van der Waals surface area contributed by atoms with Gasteiger partial charge in [-0.15, -0.1) is 0 Å². The van der Waals surface area contributed by atoms with E-state index in [4.69, 9.17) is 28.3 Å². The quantitative estimate of drug-likeness (QED) is 0.727. The summed E-state index contributed by atoms with van der Waals surface area (Å²) in [4.78, 5) is 14.8. The van der Waals surface area contributed by atoms with E-state index in [0.29, 0.717) is 22.3 Å². The Morgan fingerprint density at radius 2 is 2.13 bits per heavy atom. The Kier molecular flexibility index (Phi) is 4.32. The smallest absolute Gasteiger partial charge is 0.328 e. The van der Waals surface area contributed by atoms with Gasteiger partial charge in [0.05, 0.1) is 24.0 Å². The van der Waals surface area contributed by atoms with Crippen molar-refractivity contribution in [1.29, 1.82) is 0 Å². The highest BCUT2D eigenvalue weighted by molar-refractivity contribution is 6.35. The summed E-state index contributed by atoms with van der Waals surface area (Å²) in [5, 5.41) is 15.2. The summed E-state index contributed by atoms with van der Waals surface area (Å²) < 4.78 is 1.74. The summed E-state index contributed by atoms with van der Waals surface area (Å²) in [5.74, 6) is -1.03. The number of carbonyl (C=O) groups is 1. The number of rotatable bonds is 4. The van der Waals surface area contributed by atoms with Crippen LogP contribution >= 0.6 is 23.2 Å². The fourth-order valence-electron chi connectivity index (χ4n) is 2.25. The summed E-state index contributed by atoms with van der Waals surface area (Å²) in [6.45, 7) is 0.430. The van der Waals surface area contributed by atoms with Crippen LogP contribution in [0.1, 0.15) is 11.3 Å². The van der Waals surface area contributed by atoms with E-state index in [0.717, 1.165) is 22.5 Å². The van der Waals surface area contributed by atoms with Gasteiger partial charge in [0.2, 0.25) is 0 Å². The van der Waals surface area contributed by atoms with Crippen LogP contribution in [0.4, 0.5) is 0 Å². The zero-order valence-electron chi connectivity index (χ0n) is 11.8. The number of nitrogens with zero attached hydrogens (tertiary/aromatic N) is 3. The van der Waals surface area contributed by atoms with E-state index in [1.54, 1.807) is 35.3 Å². The van der Waals surface area contributed by atoms with Crippen molar-refractivity contribution in [2.24, 2.45) is 0 Å². The summed E-state index contributed by atoms with van der Waals surface area (Å²) in [5.41, 5.74) is 2.22. The molecule has 2 heterocycles. The van der Waals surface area contributed by atoms with E-state index in [1.165, 1.54) is 6.08 Å². The fraction of sp³-hybridized carbons (Fsp3) is 0.0625. The predicted molar refractivity (Wildman–Crippen MR) is 89.8 cm³/mol. The second-order valence-corrected chi connectivity index (χ2v) is 5.69. The molecule has 0 atom stereocenters. The largest absolute Gasteiger partial charge is 0.478 e. The first-order valence-electron chi connectivity index (χ1n) is 6.70. The number of pyridine rings is 1. The van der Waals surface area contributed by atoms with Crippen molar-refractivity contribution in [2.45, 2.75) is 6.54 Å². The first kappa shape index (κ1) is 15.5. The van der Waals surface area contributed by atoms with E-state index in [9.17, 15) is 4.79 Å². The standard InChI is InChI=1S/C16H11Cl2N3O2/c17-11-2-1-10(13(18)7-11)9-21-15-8-19-6-5-12(15)14(20-21)3-4-16(22)23/h1-8H,9H2,(H,22,23)/b4-3+. The van der Waals surface area contributed by atoms with E-state index in [2.05, 4.69) is 10.1 Å². The Morgan fingerprint density at radius 3 is 2.87 bits per heavy atom. The molecule has 116 valence electrons. The number of halogens is 2. The van der Waals surface area contributed by atoms with Crippen LogP contribution in [0.5, 0.6) is 0 Å². The zero-order valence-corrected chi connectivity index (χ0v) is 13.3. The first-order valence-corrected chi connectivity index (χ1v) is 7.45. The van der Waals surface area contributed by atoms with Gasteiger partial charge in [-0.3, -0.25) is 9.67 Å². The lowest BCUT2D eigenvalue weighted by Crippen LogP contribution is -2.02. The molecule has 1 aromatic carbocycles. The third-order valence-corrected chi connectivity index (χ3v) is 3.89. The summed E-state index contributed by atoms with van der Waals surface area (Å²) in [6, 6.07) is 7.07. The maximum Gasteiger partial charge on any atom is 0.328 e. The Morgan fingerprint density at radius 1 is 1.30 bits per heavy atom. The molecule has 0 aliphatic rings. The molecule has 5 nitrogen and oxygen atoms in total. The van der Waals surface area contributed by atoms with Crippen LogP contribution < -0.4 is 0 Å². The number of aromatic nitrogens is 3. The lowest BCUT2D eigenvalue weighted by molar-refractivity contribution is -0.131. The number of hydrogen-bond acceptors (Lipinski definition) is 3. The average molecular weight is 348 g/mol. The van der Waals surface area contributed by atoms with Gasteiger partial charge in [0.25, 0.3) is 0 Å². The van der Waals surface area contributed by atoms with Gasteiger partial charge in [0, 0.05) is 27.7 Å². The fourth-order valence-corrected chi connectivity index (χ4v) is 2.72. The second kappa shape index (κ2) is 6.40. The van der Waals surface area contributed by atoms with Gasteiger partial charge in [-0.05, 0) is 29.8 Å². The Labute approximate surface area is 141 Å². The minimum Gasteiger partial charge on any atom is -0.478 e. The Hall–Kier alpha value is -2.37. The van der Waals surface area contributed by atoms with Crippen LogP contribution in [0.2, 0.25) is 10.0 Å². The zero-order chi connectivity index (χ0) is 16.4. The normalized spacial score (nSPS) is 11.4. The van der Waals surface area contributed by atoms with Crippen molar-refractivity contribution >= 4 is 46.2 Å². The van der Waals surface area contributed by atoms with Gasteiger partial charge in [-0.2, -0.15) is 5.10 Å². The molecule has 0 saturated carbocycles. The van der Waals surface area contributed by atoms with Crippen molar-refractivity contribution in [1.82, 2.24) is 14.8 Å². The molecule has 2 aromatic heterocycles. The Bertz CT molecular complexity index is 919. The lowest BCUT2D eigenvalue weighted by atomic mass is 10.2. The minimum absolute atomic E-state index is 0.430. The highest BCUT2D eigenvalue weighted by Gasteiger charge is 2.11. The average Bonchev–Trinajstić information content (AvgIpc) is 2.86. The monoisotopic (exact) mass is 347 g/mol. The highest BCUT2D eigenvalue weighted by atomic mass is 35.5. The molecule has 0 amide bonds. The van der Waals surface area contributed by atoms with Gasteiger partial charge in [-0.25, -0.2) is 4.79 Å². The molecule has 0 unspecified atom stereocenters. The molecule has 1 N–H and O–H groups in total. The van der Waals surface area contributed by atoms with Gasteiger partial charge in [0.1, 0.15) is 0 Å². The van der Waals surface area contributed by atoms with Crippen molar-refractivity contribution in [3.8, 4) is 0 Å². The van der Waals surface area contributed by atoms with E-state index < -0.39 is 5.97 Å². The van der Waals surface area contributed by atoms with Gasteiger partial charge >= 0.3 is 5.97 Å². The number of aliphatic carboxylic acids is 1. The molecule has 0 radical (unpaired) electrons. The molecule has 0 fully saturated rings. The number of carboxylic acid groups (broad SMARTS) is 1. The van der Waals surface area contributed by atoms with Gasteiger partial charge < -0.3 is 5.11 Å². The van der Waals surface area contributed by atoms with Crippen LogP contribution in [0.3, 0.4) is 0 Å². The molecule has 7 heteroatoms. The molecule has 3 rings (SSSR count). The molecular weight excluding hydrogens is 337 g/mol. The highest BCUT2D eigenvalue weighted by Crippen LogP contribution is 2.24. The molecule has 0 saturated heterocycles. The third-order valence-electron chi connectivity index (χ3n) is 3.30. The maximum atomic E-state index is 10.7. The van der Waals surface area contributed by atoms with Crippen molar-refractivity contribution < 1.29 is 9.90 Å². The molecule has 0 aliphatic heterocycles. The van der Waals surface area contributed by atoms with Crippen LogP contribution in [-0.2, 0) is 11.3 Å². The van der Waals surface area contributed by atoms with E-state index >= 15 is 0 Å². The van der Waals surface area contributed by atoms with Crippen LogP contribution in [0.25, 0.3) is 17.0 Å². The maximum absolute atomic E-state index is 10.7. The topological polar surface area (TPSA) is 68.0 Å². The van der Waals surface area contributed by atoms with E-state index in [-0.39, 0.29) is 0 Å². The molecule has 23 heavy (non-hydrogen) atoms.